The topological polar surface area (TPSA) is 29.3 Å². The monoisotopic (exact) mass is 270 g/mol. The molecule has 2 nitrogen and oxygen atoms in total. The summed E-state index contributed by atoms with van der Waals surface area (Å²) in [5, 5.41) is 0. The van der Waals surface area contributed by atoms with E-state index in [1.54, 1.807) is 12.1 Å². The van der Waals surface area contributed by atoms with E-state index in [0.717, 1.165) is 12.0 Å². The van der Waals surface area contributed by atoms with Crippen LogP contribution in [0.15, 0.2) is 24.3 Å². The van der Waals surface area contributed by atoms with E-state index in [-0.39, 0.29) is 17.1 Å². The number of benzene rings is 1. The SMILES string of the molecule is CCC(C)(C)N(C)C(CN)c1ccc(C(F)F)cc1. The summed E-state index contributed by atoms with van der Waals surface area (Å²) < 4.78 is 25.1. The average Bonchev–Trinajstić information content (AvgIpc) is 2.40. The maximum absolute atomic E-state index is 12.5. The van der Waals surface area contributed by atoms with Crippen molar-refractivity contribution in [3.63, 3.8) is 0 Å². The number of hydrogen-bond acceptors (Lipinski definition) is 2. The minimum Gasteiger partial charge on any atom is -0.329 e. The molecule has 1 unspecified atom stereocenters. The predicted molar refractivity (Wildman–Crippen MR) is 75.3 cm³/mol. The van der Waals surface area contributed by atoms with Gasteiger partial charge in [0.1, 0.15) is 0 Å². The Balaban J connectivity index is 2.97. The zero-order valence-electron chi connectivity index (χ0n) is 12.2. The quantitative estimate of drug-likeness (QED) is 0.853. The third-order valence-corrected chi connectivity index (χ3v) is 4.08. The molecule has 1 aromatic carbocycles. The van der Waals surface area contributed by atoms with Crippen LogP contribution < -0.4 is 5.73 Å². The molecule has 4 heteroatoms. The minimum atomic E-state index is -2.42. The van der Waals surface area contributed by atoms with Gasteiger partial charge in [-0.2, -0.15) is 0 Å². The summed E-state index contributed by atoms with van der Waals surface area (Å²) in [6.07, 6.45) is -1.43. The standard InChI is InChI=1S/C15H24F2N2/c1-5-15(2,3)19(4)13(10-18)11-6-8-12(9-7-11)14(16)17/h6-9,13-14H,5,10,18H2,1-4H3. The van der Waals surface area contributed by atoms with Gasteiger partial charge in [-0.15, -0.1) is 0 Å². The first-order chi connectivity index (χ1) is 8.83. The Morgan fingerprint density at radius 2 is 1.63 bits per heavy atom. The highest BCUT2D eigenvalue weighted by Gasteiger charge is 2.28. The van der Waals surface area contributed by atoms with Gasteiger partial charge in [-0.05, 0) is 32.9 Å². The molecule has 1 aromatic rings. The predicted octanol–water partition coefficient (Wildman–Crippen LogP) is 3.74. The van der Waals surface area contributed by atoms with E-state index in [2.05, 4.69) is 25.7 Å². The summed E-state index contributed by atoms with van der Waals surface area (Å²) in [4.78, 5) is 2.21. The first-order valence-electron chi connectivity index (χ1n) is 6.64. The number of nitrogens with two attached hydrogens (primary N) is 1. The summed E-state index contributed by atoms with van der Waals surface area (Å²) in [7, 11) is 2.03. The number of nitrogens with zero attached hydrogens (tertiary/aromatic N) is 1. The van der Waals surface area contributed by atoms with Crippen molar-refractivity contribution >= 4 is 0 Å². The molecule has 0 aliphatic carbocycles. The second kappa shape index (κ2) is 6.44. The Morgan fingerprint density at radius 1 is 1.16 bits per heavy atom. The first-order valence-corrected chi connectivity index (χ1v) is 6.64. The van der Waals surface area contributed by atoms with Crippen LogP contribution in [0.5, 0.6) is 0 Å². The maximum Gasteiger partial charge on any atom is 0.263 e. The molecule has 0 saturated carbocycles. The molecule has 0 aromatic heterocycles. The molecule has 0 bridgehead atoms. The first kappa shape index (κ1) is 16.1. The second-order valence-electron chi connectivity index (χ2n) is 5.50. The van der Waals surface area contributed by atoms with Crippen molar-refractivity contribution in [2.75, 3.05) is 13.6 Å². The lowest BCUT2D eigenvalue weighted by atomic mass is 9.94. The molecule has 0 aliphatic heterocycles. The van der Waals surface area contributed by atoms with Gasteiger partial charge < -0.3 is 5.73 Å². The summed E-state index contributed by atoms with van der Waals surface area (Å²) in [6.45, 7) is 6.91. The number of hydrogen-bond donors (Lipinski definition) is 1. The Morgan fingerprint density at radius 3 is 2.00 bits per heavy atom. The highest BCUT2D eigenvalue weighted by molar-refractivity contribution is 5.26. The summed E-state index contributed by atoms with van der Waals surface area (Å²) in [6, 6.07) is 6.51. The fraction of sp³-hybridized carbons (Fsp3) is 0.600. The number of likely N-dealkylation sites (N-methyl/N-ethyl adjacent to an activating group) is 1. The molecule has 108 valence electrons. The van der Waals surface area contributed by atoms with E-state index < -0.39 is 6.43 Å². The van der Waals surface area contributed by atoms with E-state index in [9.17, 15) is 8.78 Å². The van der Waals surface area contributed by atoms with Crippen molar-refractivity contribution in [2.24, 2.45) is 5.73 Å². The van der Waals surface area contributed by atoms with Gasteiger partial charge in [-0.25, -0.2) is 8.78 Å². The summed E-state index contributed by atoms with van der Waals surface area (Å²) in [5.74, 6) is 0. The van der Waals surface area contributed by atoms with Gasteiger partial charge in [0.25, 0.3) is 6.43 Å². The van der Waals surface area contributed by atoms with Gasteiger partial charge in [0.05, 0.1) is 0 Å². The summed E-state index contributed by atoms with van der Waals surface area (Å²) in [5.41, 5.74) is 6.92. The van der Waals surface area contributed by atoms with Crippen LogP contribution >= 0.6 is 0 Å². The lowest BCUT2D eigenvalue weighted by Gasteiger charge is -2.40. The van der Waals surface area contributed by atoms with Gasteiger partial charge in [-0.3, -0.25) is 4.90 Å². The van der Waals surface area contributed by atoms with E-state index in [0.29, 0.717) is 6.54 Å². The second-order valence-corrected chi connectivity index (χ2v) is 5.50. The van der Waals surface area contributed by atoms with E-state index in [4.69, 9.17) is 5.73 Å². The van der Waals surface area contributed by atoms with Gasteiger partial charge in [-0.1, -0.05) is 31.2 Å². The average molecular weight is 270 g/mol. The molecule has 2 N–H and O–H groups in total. The zero-order chi connectivity index (χ0) is 14.6. The Labute approximate surface area is 114 Å². The lowest BCUT2D eigenvalue weighted by molar-refractivity contribution is 0.100. The zero-order valence-corrected chi connectivity index (χ0v) is 12.2. The fourth-order valence-electron chi connectivity index (χ4n) is 2.05. The third-order valence-electron chi connectivity index (χ3n) is 4.08. The normalized spacial score (nSPS) is 14.2. The van der Waals surface area contributed by atoms with Gasteiger partial charge >= 0.3 is 0 Å². The number of rotatable bonds is 6. The molecule has 19 heavy (non-hydrogen) atoms. The molecule has 1 rings (SSSR count). The summed E-state index contributed by atoms with van der Waals surface area (Å²) >= 11 is 0. The molecular formula is C15H24F2N2. The van der Waals surface area contributed by atoms with Crippen LogP contribution in [0.1, 0.15) is 50.8 Å². The molecule has 0 radical (unpaired) electrons. The van der Waals surface area contributed by atoms with Gasteiger partial charge in [0.2, 0.25) is 0 Å². The van der Waals surface area contributed by atoms with Crippen LogP contribution in [-0.4, -0.2) is 24.0 Å². The number of alkyl halides is 2. The van der Waals surface area contributed by atoms with Crippen molar-refractivity contribution in [3.8, 4) is 0 Å². The Hall–Kier alpha value is -1.00. The van der Waals surface area contributed by atoms with E-state index in [1.165, 1.54) is 12.1 Å². The van der Waals surface area contributed by atoms with Crippen molar-refractivity contribution in [3.05, 3.63) is 35.4 Å². The number of halogens is 2. The fourth-order valence-corrected chi connectivity index (χ4v) is 2.05. The minimum absolute atomic E-state index is 0.0193. The molecule has 0 heterocycles. The van der Waals surface area contributed by atoms with E-state index >= 15 is 0 Å². The molecule has 0 spiro atoms. The maximum atomic E-state index is 12.5. The highest BCUT2D eigenvalue weighted by Crippen LogP contribution is 2.29. The molecular weight excluding hydrogens is 246 g/mol. The van der Waals surface area contributed by atoms with Crippen LogP contribution in [0.25, 0.3) is 0 Å². The van der Waals surface area contributed by atoms with Crippen LogP contribution in [0, 0.1) is 0 Å². The molecule has 0 saturated heterocycles. The van der Waals surface area contributed by atoms with Gasteiger partial charge in [0.15, 0.2) is 0 Å². The lowest BCUT2D eigenvalue weighted by Crippen LogP contribution is -2.45. The van der Waals surface area contributed by atoms with Crippen LogP contribution in [-0.2, 0) is 0 Å². The molecule has 0 fully saturated rings. The third kappa shape index (κ3) is 3.74. The van der Waals surface area contributed by atoms with Crippen LogP contribution in [0.3, 0.4) is 0 Å². The van der Waals surface area contributed by atoms with Crippen molar-refractivity contribution in [1.29, 1.82) is 0 Å². The van der Waals surface area contributed by atoms with Crippen LogP contribution in [0.2, 0.25) is 0 Å². The van der Waals surface area contributed by atoms with Crippen molar-refractivity contribution in [2.45, 2.75) is 45.2 Å². The van der Waals surface area contributed by atoms with Gasteiger partial charge in [0, 0.05) is 23.7 Å². The smallest absolute Gasteiger partial charge is 0.263 e. The molecule has 0 amide bonds. The van der Waals surface area contributed by atoms with E-state index in [1.807, 2.05) is 7.05 Å². The largest absolute Gasteiger partial charge is 0.329 e. The Bertz CT molecular complexity index is 388. The molecule has 1 atom stereocenters. The van der Waals surface area contributed by atoms with Crippen molar-refractivity contribution < 1.29 is 8.78 Å². The molecule has 0 aliphatic rings. The Kier molecular flexibility index (Phi) is 5.44. The highest BCUT2D eigenvalue weighted by atomic mass is 19.3. The van der Waals surface area contributed by atoms with Crippen LogP contribution in [0.4, 0.5) is 8.78 Å². The van der Waals surface area contributed by atoms with Crippen molar-refractivity contribution in [1.82, 2.24) is 4.90 Å².